The molecular formula is C21H26N2O2S. The minimum Gasteiger partial charge on any atom is -0.370 e. The van der Waals surface area contributed by atoms with E-state index in [1.807, 2.05) is 18.2 Å². The summed E-state index contributed by atoms with van der Waals surface area (Å²) in [4.78, 5) is 3.10. The van der Waals surface area contributed by atoms with Crippen molar-refractivity contribution in [1.82, 2.24) is 5.32 Å². The van der Waals surface area contributed by atoms with Gasteiger partial charge in [0.15, 0.2) is 0 Å². The smallest absolute Gasteiger partial charge is 0.206 e. The summed E-state index contributed by atoms with van der Waals surface area (Å²) < 4.78 is 26.1. The van der Waals surface area contributed by atoms with Gasteiger partial charge >= 0.3 is 0 Å². The van der Waals surface area contributed by atoms with Crippen LogP contribution in [0.1, 0.15) is 25.3 Å². The molecule has 5 heteroatoms. The van der Waals surface area contributed by atoms with Gasteiger partial charge in [-0.05, 0) is 60.8 Å². The van der Waals surface area contributed by atoms with E-state index in [-0.39, 0.29) is 0 Å². The van der Waals surface area contributed by atoms with Crippen LogP contribution in [0.15, 0.2) is 58.3 Å². The summed E-state index contributed by atoms with van der Waals surface area (Å²) in [7, 11) is -1.35. The fourth-order valence-corrected chi connectivity index (χ4v) is 6.09. The maximum Gasteiger partial charge on any atom is 0.206 e. The van der Waals surface area contributed by atoms with Gasteiger partial charge in [-0.3, -0.25) is 0 Å². The zero-order valence-corrected chi connectivity index (χ0v) is 16.3. The molecule has 4 atom stereocenters. The van der Waals surface area contributed by atoms with Crippen LogP contribution in [-0.2, 0) is 9.84 Å². The Hall–Kier alpha value is -1.85. The maximum absolute atomic E-state index is 13.1. The Balaban J connectivity index is 1.82. The molecule has 0 amide bonds. The van der Waals surface area contributed by atoms with Gasteiger partial charge in [0.05, 0.1) is 9.79 Å². The molecule has 0 saturated carbocycles. The van der Waals surface area contributed by atoms with Gasteiger partial charge in [0.1, 0.15) is 0 Å². The van der Waals surface area contributed by atoms with Crippen molar-refractivity contribution in [2.75, 3.05) is 25.0 Å². The second kappa shape index (κ2) is 6.39. The standard InChI is InChI=1S/C21H26N2O2S/c1-14-12-22-13-15(2)21-20(14)18-11-17(9-10-19(18)23(21)3)26(24,25)16-7-5-4-6-8-16/h4-11,14-15,20-22H,12-13H2,1-3H3/t14?,15?,20-,21?/m0/s1. The summed E-state index contributed by atoms with van der Waals surface area (Å²) in [5.41, 5.74) is 2.35. The minimum absolute atomic E-state index is 0.353. The normalized spacial score (nSPS) is 28.3. The Morgan fingerprint density at radius 3 is 2.38 bits per heavy atom. The van der Waals surface area contributed by atoms with E-state index in [0.717, 1.165) is 13.1 Å². The Labute approximate surface area is 156 Å². The summed E-state index contributed by atoms with van der Waals surface area (Å²) in [5.74, 6) is 1.32. The quantitative estimate of drug-likeness (QED) is 0.881. The first kappa shape index (κ1) is 17.6. The number of hydrogen-bond acceptors (Lipinski definition) is 4. The molecule has 4 nitrogen and oxygen atoms in total. The minimum atomic E-state index is -3.49. The van der Waals surface area contributed by atoms with E-state index in [1.165, 1.54) is 11.3 Å². The zero-order valence-electron chi connectivity index (χ0n) is 15.5. The van der Waals surface area contributed by atoms with Crippen molar-refractivity contribution in [1.29, 1.82) is 0 Å². The molecule has 138 valence electrons. The lowest BCUT2D eigenvalue weighted by atomic mass is 9.80. The van der Waals surface area contributed by atoms with Crippen molar-refractivity contribution >= 4 is 15.5 Å². The lowest BCUT2D eigenvalue weighted by Gasteiger charge is -2.32. The number of rotatable bonds is 2. The first-order chi connectivity index (χ1) is 12.4. The molecule has 2 aliphatic heterocycles. The number of likely N-dealkylation sites (N-methyl/N-ethyl adjacent to an activating group) is 1. The van der Waals surface area contributed by atoms with E-state index < -0.39 is 9.84 Å². The Morgan fingerprint density at radius 2 is 1.65 bits per heavy atom. The van der Waals surface area contributed by atoms with Gasteiger partial charge in [-0.15, -0.1) is 0 Å². The molecule has 3 unspecified atom stereocenters. The number of fused-ring (bicyclic) bond motifs is 3. The highest BCUT2D eigenvalue weighted by atomic mass is 32.2. The van der Waals surface area contributed by atoms with Crippen LogP contribution in [-0.4, -0.2) is 34.6 Å². The van der Waals surface area contributed by atoms with Gasteiger partial charge in [0, 0.05) is 24.7 Å². The van der Waals surface area contributed by atoms with Crippen molar-refractivity contribution < 1.29 is 8.42 Å². The van der Waals surface area contributed by atoms with E-state index in [0.29, 0.717) is 33.6 Å². The molecule has 26 heavy (non-hydrogen) atoms. The molecule has 2 heterocycles. The van der Waals surface area contributed by atoms with Crippen molar-refractivity contribution in [2.24, 2.45) is 11.8 Å². The molecule has 0 bridgehead atoms. The summed E-state index contributed by atoms with van der Waals surface area (Å²) in [6, 6.07) is 14.8. The number of sulfone groups is 1. The molecule has 1 N–H and O–H groups in total. The van der Waals surface area contributed by atoms with Gasteiger partial charge in [0.25, 0.3) is 0 Å². The predicted octanol–water partition coefficient (Wildman–Crippen LogP) is 3.30. The number of hydrogen-bond donors (Lipinski definition) is 1. The van der Waals surface area contributed by atoms with Gasteiger partial charge < -0.3 is 10.2 Å². The number of anilines is 1. The molecule has 2 aliphatic rings. The average molecular weight is 371 g/mol. The molecular weight excluding hydrogens is 344 g/mol. The van der Waals surface area contributed by atoms with Gasteiger partial charge in [-0.2, -0.15) is 0 Å². The van der Waals surface area contributed by atoms with Crippen LogP contribution in [0.2, 0.25) is 0 Å². The van der Waals surface area contributed by atoms with E-state index in [4.69, 9.17) is 0 Å². The zero-order chi connectivity index (χ0) is 18.5. The topological polar surface area (TPSA) is 49.4 Å². The van der Waals surface area contributed by atoms with Crippen LogP contribution >= 0.6 is 0 Å². The van der Waals surface area contributed by atoms with E-state index in [9.17, 15) is 8.42 Å². The first-order valence-electron chi connectivity index (χ1n) is 9.29. The Bertz CT molecular complexity index is 911. The van der Waals surface area contributed by atoms with E-state index in [1.54, 1.807) is 30.3 Å². The summed E-state index contributed by atoms with van der Waals surface area (Å²) >= 11 is 0. The third kappa shape index (κ3) is 2.65. The molecule has 1 fully saturated rings. The highest BCUT2D eigenvalue weighted by Gasteiger charge is 2.44. The highest BCUT2D eigenvalue weighted by Crippen LogP contribution is 2.48. The molecule has 2 aromatic carbocycles. The number of nitrogens with zero attached hydrogens (tertiary/aromatic N) is 1. The van der Waals surface area contributed by atoms with Gasteiger partial charge in [0.2, 0.25) is 9.84 Å². The predicted molar refractivity (Wildman–Crippen MR) is 104 cm³/mol. The van der Waals surface area contributed by atoms with Crippen LogP contribution in [0.25, 0.3) is 0 Å². The van der Waals surface area contributed by atoms with Crippen molar-refractivity contribution in [3.8, 4) is 0 Å². The molecule has 2 aromatic rings. The fourth-order valence-electron chi connectivity index (χ4n) is 4.77. The molecule has 0 spiro atoms. The number of nitrogens with one attached hydrogen (secondary N) is 1. The summed E-state index contributed by atoms with van der Waals surface area (Å²) in [6.07, 6.45) is 0. The third-order valence-corrected chi connectivity index (χ3v) is 7.81. The lowest BCUT2D eigenvalue weighted by Crippen LogP contribution is -2.39. The van der Waals surface area contributed by atoms with Crippen LogP contribution in [0, 0.1) is 11.8 Å². The van der Waals surface area contributed by atoms with Crippen molar-refractivity contribution in [2.45, 2.75) is 35.6 Å². The summed E-state index contributed by atoms with van der Waals surface area (Å²) in [6.45, 7) is 6.52. The van der Waals surface area contributed by atoms with Crippen LogP contribution in [0.3, 0.4) is 0 Å². The second-order valence-electron chi connectivity index (χ2n) is 7.78. The van der Waals surface area contributed by atoms with Gasteiger partial charge in [-0.1, -0.05) is 32.0 Å². The summed E-state index contributed by atoms with van der Waals surface area (Å²) in [5, 5.41) is 3.55. The van der Waals surface area contributed by atoms with E-state index >= 15 is 0 Å². The van der Waals surface area contributed by atoms with Gasteiger partial charge in [-0.25, -0.2) is 8.42 Å². The molecule has 4 rings (SSSR count). The number of benzene rings is 2. The van der Waals surface area contributed by atoms with Crippen LogP contribution < -0.4 is 10.2 Å². The van der Waals surface area contributed by atoms with Crippen molar-refractivity contribution in [3.05, 3.63) is 54.1 Å². The molecule has 0 aromatic heterocycles. The largest absolute Gasteiger partial charge is 0.370 e. The van der Waals surface area contributed by atoms with Crippen molar-refractivity contribution in [3.63, 3.8) is 0 Å². The SMILES string of the molecule is CC1CNCC(C)[C@H]2c3cc(S(=O)(=O)c4ccccc4)ccc3N(C)C12. The Kier molecular flexibility index (Phi) is 4.32. The molecule has 0 radical (unpaired) electrons. The monoisotopic (exact) mass is 370 g/mol. The maximum atomic E-state index is 13.1. The average Bonchev–Trinajstić information content (AvgIpc) is 2.85. The highest BCUT2D eigenvalue weighted by molar-refractivity contribution is 7.91. The van der Waals surface area contributed by atoms with E-state index in [2.05, 4.69) is 31.1 Å². The molecule has 1 saturated heterocycles. The molecule has 0 aliphatic carbocycles. The van der Waals surface area contributed by atoms with Crippen LogP contribution in [0.5, 0.6) is 0 Å². The fraction of sp³-hybridized carbons (Fsp3) is 0.429. The van der Waals surface area contributed by atoms with Crippen LogP contribution in [0.4, 0.5) is 5.69 Å². The second-order valence-corrected chi connectivity index (χ2v) is 9.73. The third-order valence-electron chi connectivity index (χ3n) is 6.05. The first-order valence-corrected chi connectivity index (χ1v) is 10.8. The Morgan fingerprint density at radius 1 is 0.962 bits per heavy atom. The lowest BCUT2D eigenvalue weighted by molar-refractivity contribution is 0.374.